The molecule has 0 saturated carbocycles. The van der Waals surface area contributed by atoms with Crippen molar-refractivity contribution in [1.82, 2.24) is 9.36 Å². The first-order valence-electron chi connectivity index (χ1n) is 6.62. The molecule has 3 aromatic rings. The van der Waals surface area contributed by atoms with Crippen molar-refractivity contribution in [1.29, 1.82) is 0 Å². The van der Waals surface area contributed by atoms with Crippen LogP contribution in [0.4, 0.5) is 5.13 Å². The lowest BCUT2D eigenvalue weighted by atomic mass is 10.1. The van der Waals surface area contributed by atoms with Gasteiger partial charge in [0, 0.05) is 17.1 Å². The molecule has 2 heterocycles. The molecule has 23 heavy (non-hydrogen) atoms. The van der Waals surface area contributed by atoms with Crippen LogP contribution in [0.5, 0.6) is 5.75 Å². The Morgan fingerprint density at radius 1 is 1.39 bits per heavy atom. The number of aromatic nitrogens is 2. The summed E-state index contributed by atoms with van der Waals surface area (Å²) >= 11 is 6.70. The van der Waals surface area contributed by atoms with Gasteiger partial charge in [0.05, 0.1) is 19.3 Å². The van der Waals surface area contributed by atoms with Crippen LogP contribution in [0.3, 0.4) is 0 Å². The Labute approximate surface area is 141 Å². The van der Waals surface area contributed by atoms with Crippen LogP contribution in [-0.2, 0) is 5.88 Å². The van der Waals surface area contributed by atoms with Crippen molar-refractivity contribution in [2.45, 2.75) is 5.88 Å². The summed E-state index contributed by atoms with van der Waals surface area (Å²) in [5.74, 6) is 1.20. The van der Waals surface area contributed by atoms with Gasteiger partial charge in [-0.25, -0.2) is 4.98 Å². The lowest BCUT2D eigenvalue weighted by Gasteiger charge is -2.01. The molecule has 8 heteroatoms. The number of nitrogens with zero attached hydrogens (tertiary/aromatic N) is 2. The van der Waals surface area contributed by atoms with Gasteiger partial charge >= 0.3 is 0 Å². The van der Waals surface area contributed by atoms with Crippen molar-refractivity contribution >= 4 is 34.2 Å². The molecule has 1 amide bonds. The number of carbonyl (C=O) groups is 1. The molecule has 0 bridgehead atoms. The van der Waals surface area contributed by atoms with Crippen LogP contribution < -0.4 is 10.1 Å². The van der Waals surface area contributed by atoms with Crippen molar-refractivity contribution in [3.05, 3.63) is 48.2 Å². The number of anilines is 1. The summed E-state index contributed by atoms with van der Waals surface area (Å²) in [5.41, 5.74) is 1.68. The third kappa shape index (κ3) is 3.52. The number of nitrogens with one attached hydrogen (secondary N) is 1. The molecule has 0 radical (unpaired) electrons. The summed E-state index contributed by atoms with van der Waals surface area (Å²) in [6.07, 6.45) is 1.52. The fourth-order valence-electron chi connectivity index (χ4n) is 1.93. The highest BCUT2D eigenvalue weighted by molar-refractivity contribution is 7.09. The maximum absolute atomic E-state index is 12.2. The molecular formula is C15H12ClN3O3S. The number of benzene rings is 1. The van der Waals surface area contributed by atoms with E-state index in [1.54, 1.807) is 13.2 Å². The minimum absolute atomic E-state index is 0.186. The van der Waals surface area contributed by atoms with Gasteiger partial charge in [-0.15, -0.1) is 11.6 Å². The number of alkyl halides is 1. The Balaban J connectivity index is 1.76. The molecule has 6 nitrogen and oxygen atoms in total. The zero-order valence-corrected chi connectivity index (χ0v) is 13.6. The summed E-state index contributed by atoms with van der Waals surface area (Å²) < 4.78 is 14.5. The number of hydrogen-bond donors (Lipinski definition) is 1. The van der Waals surface area contributed by atoms with Crippen LogP contribution in [0.1, 0.15) is 16.4 Å². The number of rotatable bonds is 5. The zero-order chi connectivity index (χ0) is 16.2. The van der Waals surface area contributed by atoms with E-state index in [4.69, 9.17) is 20.8 Å². The maximum atomic E-state index is 12.2. The van der Waals surface area contributed by atoms with E-state index >= 15 is 0 Å². The zero-order valence-electron chi connectivity index (χ0n) is 12.1. The molecule has 1 N–H and O–H groups in total. The van der Waals surface area contributed by atoms with Gasteiger partial charge in [-0.05, 0) is 23.8 Å². The number of ether oxygens (including phenoxy) is 1. The fourth-order valence-corrected chi connectivity index (χ4v) is 2.70. The summed E-state index contributed by atoms with van der Waals surface area (Å²) in [4.78, 5) is 16.2. The Bertz CT molecular complexity index is 831. The standard InChI is InChI=1S/C15H12ClN3O3S/c1-21-11-4-2-3-9(5-11)10-6-12(22-8-10)14(20)18-15-17-13(7-16)19-23-15/h2-6,8H,7H2,1H3,(H,17,18,19,20). The van der Waals surface area contributed by atoms with E-state index in [2.05, 4.69) is 14.7 Å². The van der Waals surface area contributed by atoms with E-state index in [1.807, 2.05) is 24.3 Å². The van der Waals surface area contributed by atoms with E-state index in [9.17, 15) is 4.79 Å². The number of amides is 1. The predicted molar refractivity (Wildman–Crippen MR) is 88.1 cm³/mol. The molecule has 0 unspecified atom stereocenters. The van der Waals surface area contributed by atoms with E-state index in [0.29, 0.717) is 11.0 Å². The SMILES string of the molecule is COc1cccc(-c2coc(C(=O)Nc3nc(CCl)ns3)c2)c1. The van der Waals surface area contributed by atoms with Crippen molar-refractivity contribution in [3.63, 3.8) is 0 Å². The van der Waals surface area contributed by atoms with Crippen LogP contribution in [0.2, 0.25) is 0 Å². The summed E-state index contributed by atoms with van der Waals surface area (Å²) in [6.45, 7) is 0. The van der Waals surface area contributed by atoms with Crippen LogP contribution in [0, 0.1) is 0 Å². The third-order valence-corrected chi connectivity index (χ3v) is 3.94. The van der Waals surface area contributed by atoms with Gasteiger partial charge in [0.2, 0.25) is 5.13 Å². The minimum atomic E-state index is -0.392. The summed E-state index contributed by atoms with van der Waals surface area (Å²) in [7, 11) is 1.60. The highest BCUT2D eigenvalue weighted by Gasteiger charge is 2.15. The fraction of sp³-hybridized carbons (Fsp3) is 0.133. The van der Waals surface area contributed by atoms with Gasteiger partial charge in [0.25, 0.3) is 5.91 Å². The van der Waals surface area contributed by atoms with E-state index < -0.39 is 5.91 Å². The Hall–Kier alpha value is -2.38. The monoisotopic (exact) mass is 349 g/mol. The van der Waals surface area contributed by atoms with Crippen molar-refractivity contribution in [3.8, 4) is 16.9 Å². The van der Waals surface area contributed by atoms with Gasteiger partial charge in [0.1, 0.15) is 5.75 Å². The number of hydrogen-bond acceptors (Lipinski definition) is 6. The maximum Gasteiger partial charge on any atom is 0.293 e. The molecule has 118 valence electrons. The minimum Gasteiger partial charge on any atom is -0.497 e. The molecule has 0 aliphatic carbocycles. The predicted octanol–water partition coefficient (Wildman–Crippen LogP) is 3.80. The summed E-state index contributed by atoms with van der Waals surface area (Å²) in [6, 6.07) is 9.15. The number of furan rings is 1. The second kappa shape index (κ2) is 6.80. The van der Waals surface area contributed by atoms with E-state index in [-0.39, 0.29) is 11.6 Å². The Kier molecular flexibility index (Phi) is 4.59. The van der Waals surface area contributed by atoms with Crippen molar-refractivity contribution in [2.24, 2.45) is 0 Å². The Morgan fingerprint density at radius 3 is 3.00 bits per heavy atom. The molecule has 0 saturated heterocycles. The molecule has 1 aromatic carbocycles. The van der Waals surface area contributed by atoms with Crippen LogP contribution in [-0.4, -0.2) is 22.4 Å². The normalized spacial score (nSPS) is 10.5. The van der Waals surface area contributed by atoms with Gasteiger partial charge in [0.15, 0.2) is 11.6 Å². The van der Waals surface area contributed by atoms with Crippen molar-refractivity contribution < 1.29 is 13.9 Å². The highest BCUT2D eigenvalue weighted by atomic mass is 35.5. The number of carbonyl (C=O) groups excluding carboxylic acids is 1. The first kappa shape index (κ1) is 15.5. The van der Waals surface area contributed by atoms with Gasteiger partial charge in [-0.2, -0.15) is 4.37 Å². The van der Waals surface area contributed by atoms with E-state index in [0.717, 1.165) is 28.4 Å². The lowest BCUT2D eigenvalue weighted by Crippen LogP contribution is -2.10. The first-order valence-corrected chi connectivity index (χ1v) is 7.93. The lowest BCUT2D eigenvalue weighted by molar-refractivity contribution is 0.0996. The molecule has 2 aromatic heterocycles. The average Bonchev–Trinajstić information content (AvgIpc) is 3.24. The molecular weight excluding hydrogens is 338 g/mol. The molecule has 0 aliphatic heterocycles. The smallest absolute Gasteiger partial charge is 0.293 e. The molecule has 0 spiro atoms. The quantitative estimate of drug-likeness (QED) is 0.709. The third-order valence-electron chi connectivity index (χ3n) is 3.03. The average molecular weight is 350 g/mol. The molecule has 0 atom stereocenters. The highest BCUT2D eigenvalue weighted by Crippen LogP contribution is 2.26. The van der Waals surface area contributed by atoms with Gasteiger partial charge in [-0.3, -0.25) is 10.1 Å². The van der Waals surface area contributed by atoms with Crippen molar-refractivity contribution in [2.75, 3.05) is 12.4 Å². The van der Waals surface area contributed by atoms with Gasteiger partial charge < -0.3 is 9.15 Å². The van der Waals surface area contributed by atoms with Gasteiger partial charge in [-0.1, -0.05) is 12.1 Å². The second-order valence-electron chi connectivity index (χ2n) is 4.54. The molecule has 0 fully saturated rings. The van der Waals surface area contributed by atoms with Crippen LogP contribution in [0.25, 0.3) is 11.1 Å². The summed E-state index contributed by atoms with van der Waals surface area (Å²) in [5, 5.41) is 3.01. The Morgan fingerprint density at radius 2 is 2.26 bits per heavy atom. The topological polar surface area (TPSA) is 77.2 Å². The van der Waals surface area contributed by atoms with Crippen LogP contribution in [0.15, 0.2) is 41.0 Å². The molecule has 0 aliphatic rings. The largest absolute Gasteiger partial charge is 0.497 e. The number of halogens is 1. The first-order chi connectivity index (χ1) is 11.2. The molecule has 3 rings (SSSR count). The second-order valence-corrected chi connectivity index (χ2v) is 5.55. The van der Waals surface area contributed by atoms with E-state index in [1.165, 1.54) is 6.26 Å². The number of methoxy groups -OCH3 is 1. The van der Waals surface area contributed by atoms with Crippen LogP contribution >= 0.6 is 23.1 Å².